The zero-order chi connectivity index (χ0) is 32.6. The lowest BCUT2D eigenvalue weighted by atomic mass is 9.95. The van der Waals surface area contributed by atoms with Crippen molar-refractivity contribution in [2.75, 3.05) is 0 Å². The Morgan fingerprint density at radius 3 is 1.02 bits per heavy atom. The molecule has 8 aromatic rings. The molecule has 7 aromatic carbocycles. The maximum absolute atomic E-state index is 5.01. The largest absolute Gasteiger partial charge is 0.208 e. The Bertz CT molecular complexity index is 2420. The van der Waals surface area contributed by atoms with Crippen molar-refractivity contribution < 1.29 is 0 Å². The smallest absolute Gasteiger partial charge is 0.164 e. The Hall–Kier alpha value is -6.45. The summed E-state index contributed by atoms with van der Waals surface area (Å²) < 4.78 is 0. The zero-order valence-corrected chi connectivity index (χ0v) is 26.8. The molecule has 0 radical (unpaired) electrons. The molecule has 3 heteroatoms. The summed E-state index contributed by atoms with van der Waals surface area (Å²) in [6.45, 7) is 0. The van der Waals surface area contributed by atoms with E-state index < -0.39 is 0 Å². The van der Waals surface area contributed by atoms with Gasteiger partial charge < -0.3 is 0 Å². The van der Waals surface area contributed by atoms with E-state index in [1.54, 1.807) is 0 Å². The summed E-state index contributed by atoms with van der Waals surface area (Å²) >= 11 is 0. The van der Waals surface area contributed by atoms with Gasteiger partial charge in [0.2, 0.25) is 0 Å². The Labute approximate surface area is 293 Å². The molecule has 0 aliphatic heterocycles. The number of rotatable bonds is 6. The second-order valence-corrected chi connectivity index (χ2v) is 12.4. The molecule has 0 fully saturated rings. The summed E-state index contributed by atoms with van der Waals surface area (Å²) in [6, 6.07) is 61.7. The van der Waals surface area contributed by atoms with E-state index in [0.29, 0.717) is 17.5 Å². The van der Waals surface area contributed by atoms with Crippen LogP contribution >= 0.6 is 0 Å². The lowest BCUT2D eigenvalue weighted by molar-refractivity contribution is 1.07. The summed E-state index contributed by atoms with van der Waals surface area (Å²) in [4.78, 5) is 14.9. The fourth-order valence-corrected chi connectivity index (χ4v) is 6.99. The molecule has 3 nitrogen and oxygen atoms in total. The van der Waals surface area contributed by atoms with Crippen molar-refractivity contribution in [1.29, 1.82) is 0 Å². The quantitative estimate of drug-likeness (QED) is 0.181. The van der Waals surface area contributed by atoms with Gasteiger partial charge in [-0.2, -0.15) is 0 Å². The number of aromatic nitrogens is 3. The molecule has 9 rings (SSSR count). The minimum atomic E-state index is 0. The minimum Gasteiger partial charge on any atom is -0.208 e. The fourth-order valence-electron chi connectivity index (χ4n) is 6.99. The van der Waals surface area contributed by atoms with E-state index in [4.69, 9.17) is 15.0 Å². The number of nitrogens with zero attached hydrogens (tertiary/aromatic N) is 3. The monoisotopic (exact) mass is 641 g/mol. The number of fused-ring (bicyclic) bond motifs is 3. The molecule has 0 unspecified atom stereocenters. The van der Waals surface area contributed by atoms with Crippen molar-refractivity contribution in [3.05, 3.63) is 187 Å². The molecule has 1 aliphatic rings. The van der Waals surface area contributed by atoms with Crippen molar-refractivity contribution in [3.63, 3.8) is 0 Å². The predicted octanol–water partition coefficient (Wildman–Crippen LogP) is 12.1. The molecule has 0 saturated heterocycles. The van der Waals surface area contributed by atoms with Crippen LogP contribution in [-0.4, -0.2) is 15.0 Å². The average Bonchev–Trinajstić information content (AvgIpc) is 3.58. The van der Waals surface area contributed by atoms with E-state index >= 15 is 0 Å². The van der Waals surface area contributed by atoms with Crippen LogP contribution in [0.2, 0.25) is 0 Å². The van der Waals surface area contributed by atoms with Crippen LogP contribution in [0.1, 0.15) is 18.6 Å². The van der Waals surface area contributed by atoms with Gasteiger partial charge in [0.25, 0.3) is 0 Å². The molecule has 0 spiro atoms. The van der Waals surface area contributed by atoms with Crippen LogP contribution in [0.5, 0.6) is 0 Å². The van der Waals surface area contributed by atoms with E-state index in [-0.39, 0.29) is 7.43 Å². The van der Waals surface area contributed by atoms with Gasteiger partial charge in [0.05, 0.1) is 0 Å². The second-order valence-electron chi connectivity index (χ2n) is 12.4. The van der Waals surface area contributed by atoms with Gasteiger partial charge in [0.15, 0.2) is 17.5 Å². The van der Waals surface area contributed by atoms with E-state index in [1.807, 2.05) is 36.4 Å². The molecule has 0 amide bonds. The summed E-state index contributed by atoms with van der Waals surface area (Å²) in [6.07, 6.45) is 0.911. The predicted molar refractivity (Wildman–Crippen MR) is 207 cm³/mol. The first-order chi connectivity index (χ1) is 24.3. The van der Waals surface area contributed by atoms with Gasteiger partial charge >= 0.3 is 0 Å². The van der Waals surface area contributed by atoms with Crippen LogP contribution in [0.4, 0.5) is 0 Å². The van der Waals surface area contributed by atoms with Crippen molar-refractivity contribution in [2.45, 2.75) is 13.8 Å². The van der Waals surface area contributed by atoms with Crippen LogP contribution in [-0.2, 0) is 6.42 Å². The standard InChI is InChI=1S/C46H31N3.CH4/c1-4-12-31(13-5-1)32-22-26-36(27-23-32)45-47-44(35-16-8-3-9-17-35)48-46(49-45)37-28-24-34(25-29-37)39-19-11-21-41-40-20-10-18-38(42(40)30-43(39)41)33-14-6-2-7-15-33;/h1-29H,30H2;1H4. The molecule has 1 heterocycles. The van der Waals surface area contributed by atoms with Crippen LogP contribution in [0.15, 0.2) is 176 Å². The highest BCUT2D eigenvalue weighted by Gasteiger charge is 2.24. The summed E-state index contributed by atoms with van der Waals surface area (Å²) in [5.74, 6) is 1.96. The third-order valence-electron chi connectivity index (χ3n) is 9.45. The molecular formula is C47H35N3. The molecular weight excluding hydrogens is 607 g/mol. The Morgan fingerprint density at radius 1 is 0.260 bits per heavy atom. The summed E-state index contributed by atoms with van der Waals surface area (Å²) in [7, 11) is 0. The number of hydrogen-bond acceptors (Lipinski definition) is 3. The highest BCUT2D eigenvalue weighted by Crippen LogP contribution is 2.45. The zero-order valence-electron chi connectivity index (χ0n) is 26.8. The van der Waals surface area contributed by atoms with Gasteiger partial charge in [-0.3, -0.25) is 0 Å². The van der Waals surface area contributed by atoms with Gasteiger partial charge in [0, 0.05) is 16.7 Å². The normalized spacial score (nSPS) is 11.4. The Balaban J connectivity index is 0.00000361. The second kappa shape index (κ2) is 13.2. The third-order valence-corrected chi connectivity index (χ3v) is 9.45. The number of benzene rings is 7. The summed E-state index contributed by atoms with van der Waals surface area (Å²) in [5.41, 5.74) is 15.6. The molecule has 50 heavy (non-hydrogen) atoms. The first kappa shape index (κ1) is 30.9. The van der Waals surface area contributed by atoms with Gasteiger partial charge in [-0.25, -0.2) is 15.0 Å². The van der Waals surface area contributed by atoms with Crippen molar-refractivity contribution in [2.24, 2.45) is 0 Å². The Morgan fingerprint density at radius 2 is 0.560 bits per heavy atom. The van der Waals surface area contributed by atoms with Gasteiger partial charge in [-0.1, -0.05) is 183 Å². The van der Waals surface area contributed by atoms with Gasteiger partial charge in [-0.15, -0.1) is 0 Å². The molecule has 1 aliphatic carbocycles. The highest BCUT2D eigenvalue weighted by molar-refractivity contribution is 5.89. The first-order valence-corrected chi connectivity index (χ1v) is 16.7. The van der Waals surface area contributed by atoms with E-state index in [1.165, 1.54) is 50.1 Å². The van der Waals surface area contributed by atoms with Crippen LogP contribution in [0.3, 0.4) is 0 Å². The van der Waals surface area contributed by atoms with Gasteiger partial charge in [-0.05, 0) is 62.1 Å². The van der Waals surface area contributed by atoms with Crippen molar-refractivity contribution in [3.8, 4) is 78.7 Å². The highest BCUT2D eigenvalue weighted by atomic mass is 15.0. The topological polar surface area (TPSA) is 38.7 Å². The molecule has 1 aromatic heterocycles. The lowest BCUT2D eigenvalue weighted by Gasteiger charge is -2.11. The van der Waals surface area contributed by atoms with Crippen molar-refractivity contribution in [1.82, 2.24) is 15.0 Å². The Kier molecular flexibility index (Phi) is 8.16. The molecule has 0 saturated carbocycles. The van der Waals surface area contributed by atoms with Crippen LogP contribution in [0.25, 0.3) is 78.7 Å². The molecule has 0 atom stereocenters. The SMILES string of the molecule is C.c1ccc(-c2ccc(-c3nc(-c4ccccc4)nc(-c4ccc(-c5cccc6c5Cc5c(-c7ccccc7)cccc5-6)cc4)n3)cc2)cc1. The maximum atomic E-state index is 5.01. The van der Waals surface area contributed by atoms with Crippen LogP contribution < -0.4 is 0 Å². The van der Waals surface area contributed by atoms with E-state index in [9.17, 15) is 0 Å². The average molecular weight is 642 g/mol. The maximum Gasteiger partial charge on any atom is 0.164 e. The fraction of sp³-hybridized carbons (Fsp3) is 0.0426. The number of hydrogen-bond donors (Lipinski definition) is 0. The van der Waals surface area contributed by atoms with Crippen molar-refractivity contribution >= 4 is 0 Å². The molecule has 0 N–H and O–H groups in total. The van der Waals surface area contributed by atoms with E-state index in [2.05, 4.69) is 140 Å². The summed E-state index contributed by atoms with van der Waals surface area (Å²) in [5, 5.41) is 0. The van der Waals surface area contributed by atoms with Crippen LogP contribution in [0, 0.1) is 0 Å². The molecule has 0 bridgehead atoms. The third kappa shape index (κ3) is 5.69. The first-order valence-electron chi connectivity index (χ1n) is 16.7. The van der Waals surface area contributed by atoms with E-state index in [0.717, 1.165) is 28.7 Å². The molecule has 238 valence electrons. The minimum absolute atomic E-state index is 0. The lowest BCUT2D eigenvalue weighted by Crippen LogP contribution is -2.00. The van der Waals surface area contributed by atoms with Gasteiger partial charge in [0.1, 0.15) is 0 Å².